The normalized spacial score (nSPS) is 9.31. The smallest absolute Gasteiger partial charge is 0.0319 e. The van der Waals surface area contributed by atoms with E-state index in [1.54, 1.807) is 0 Å². The Kier molecular flexibility index (Phi) is 7.26. The molecular weight excluding hydrogens is 162 g/mol. The standard InChI is InChI=1S/C10H15N.CH4O/c1-9(2)11-8-10-6-4-3-5-7-10;1-2/h3-7,9,11H,8H2,1-2H3;2H,1H3. The summed E-state index contributed by atoms with van der Waals surface area (Å²) >= 11 is 0. The predicted molar refractivity (Wildman–Crippen MR) is 56.6 cm³/mol. The van der Waals surface area contributed by atoms with Crippen LogP contribution in [0.2, 0.25) is 0 Å². The van der Waals surface area contributed by atoms with Gasteiger partial charge in [-0.3, -0.25) is 0 Å². The van der Waals surface area contributed by atoms with Crippen molar-refractivity contribution < 1.29 is 5.11 Å². The van der Waals surface area contributed by atoms with Crippen molar-refractivity contribution in [2.24, 2.45) is 0 Å². The van der Waals surface area contributed by atoms with E-state index in [1.165, 1.54) is 5.56 Å². The monoisotopic (exact) mass is 181 g/mol. The Labute approximate surface area is 80.6 Å². The SMILES string of the molecule is CC(C)NCc1ccccc1.CO. The number of rotatable bonds is 3. The van der Waals surface area contributed by atoms with Gasteiger partial charge in [-0.15, -0.1) is 0 Å². The third kappa shape index (κ3) is 6.31. The molecule has 0 saturated carbocycles. The lowest BCUT2D eigenvalue weighted by molar-refractivity contribution is 0.399. The molecule has 0 aliphatic carbocycles. The molecule has 1 aromatic rings. The summed E-state index contributed by atoms with van der Waals surface area (Å²) in [6.45, 7) is 5.28. The van der Waals surface area contributed by atoms with Crippen molar-refractivity contribution in [3.8, 4) is 0 Å². The maximum atomic E-state index is 7.00. The van der Waals surface area contributed by atoms with Crippen molar-refractivity contribution in [2.45, 2.75) is 26.4 Å². The van der Waals surface area contributed by atoms with E-state index in [-0.39, 0.29) is 0 Å². The predicted octanol–water partition coefficient (Wildman–Crippen LogP) is 1.79. The Morgan fingerprint density at radius 1 is 1.15 bits per heavy atom. The van der Waals surface area contributed by atoms with Crippen LogP contribution in [0.4, 0.5) is 0 Å². The number of hydrogen-bond acceptors (Lipinski definition) is 2. The fraction of sp³-hybridized carbons (Fsp3) is 0.455. The van der Waals surface area contributed by atoms with E-state index in [4.69, 9.17) is 5.11 Å². The van der Waals surface area contributed by atoms with E-state index < -0.39 is 0 Å². The highest BCUT2D eigenvalue weighted by atomic mass is 16.2. The summed E-state index contributed by atoms with van der Waals surface area (Å²) in [6, 6.07) is 11.0. The molecule has 2 N–H and O–H groups in total. The summed E-state index contributed by atoms with van der Waals surface area (Å²) in [4.78, 5) is 0. The molecule has 0 aliphatic rings. The summed E-state index contributed by atoms with van der Waals surface area (Å²) < 4.78 is 0. The lowest BCUT2D eigenvalue weighted by atomic mass is 10.2. The maximum absolute atomic E-state index is 7.00. The zero-order valence-corrected chi connectivity index (χ0v) is 8.62. The molecule has 1 rings (SSSR count). The van der Waals surface area contributed by atoms with Crippen LogP contribution >= 0.6 is 0 Å². The topological polar surface area (TPSA) is 32.3 Å². The van der Waals surface area contributed by atoms with Gasteiger partial charge in [0.05, 0.1) is 0 Å². The van der Waals surface area contributed by atoms with Crippen LogP contribution in [-0.4, -0.2) is 18.3 Å². The highest BCUT2D eigenvalue weighted by molar-refractivity contribution is 5.14. The maximum Gasteiger partial charge on any atom is 0.0319 e. The first kappa shape index (κ1) is 12.1. The minimum atomic E-state index is 0.565. The summed E-state index contributed by atoms with van der Waals surface area (Å²) in [5, 5.41) is 10.4. The van der Waals surface area contributed by atoms with Crippen LogP contribution in [0, 0.1) is 0 Å². The summed E-state index contributed by atoms with van der Waals surface area (Å²) in [6.07, 6.45) is 0. The van der Waals surface area contributed by atoms with E-state index >= 15 is 0 Å². The molecule has 0 amide bonds. The molecule has 0 radical (unpaired) electrons. The van der Waals surface area contributed by atoms with Gasteiger partial charge in [0.25, 0.3) is 0 Å². The van der Waals surface area contributed by atoms with E-state index in [2.05, 4.69) is 43.4 Å². The van der Waals surface area contributed by atoms with Gasteiger partial charge in [0.15, 0.2) is 0 Å². The first-order valence-electron chi connectivity index (χ1n) is 4.51. The molecule has 0 spiro atoms. The number of benzene rings is 1. The third-order valence-electron chi connectivity index (χ3n) is 1.56. The minimum absolute atomic E-state index is 0.565. The van der Waals surface area contributed by atoms with Crippen LogP contribution in [0.3, 0.4) is 0 Å². The molecule has 2 nitrogen and oxygen atoms in total. The largest absolute Gasteiger partial charge is 0.400 e. The Balaban J connectivity index is 0.000000671. The highest BCUT2D eigenvalue weighted by Crippen LogP contribution is 1.97. The molecule has 13 heavy (non-hydrogen) atoms. The average molecular weight is 181 g/mol. The van der Waals surface area contributed by atoms with Gasteiger partial charge in [0.2, 0.25) is 0 Å². The molecular formula is C11H19NO. The Hall–Kier alpha value is -0.860. The molecule has 0 saturated heterocycles. The lowest BCUT2D eigenvalue weighted by Gasteiger charge is -2.06. The van der Waals surface area contributed by atoms with E-state index in [9.17, 15) is 0 Å². The van der Waals surface area contributed by atoms with Crippen molar-refractivity contribution in [1.29, 1.82) is 0 Å². The van der Waals surface area contributed by atoms with Crippen LogP contribution in [0.5, 0.6) is 0 Å². The van der Waals surface area contributed by atoms with Crippen molar-refractivity contribution in [1.82, 2.24) is 5.32 Å². The van der Waals surface area contributed by atoms with Crippen molar-refractivity contribution in [3.05, 3.63) is 35.9 Å². The molecule has 0 heterocycles. The van der Waals surface area contributed by atoms with E-state index in [0.717, 1.165) is 13.7 Å². The number of aliphatic hydroxyl groups excluding tert-OH is 1. The van der Waals surface area contributed by atoms with Crippen LogP contribution in [0.25, 0.3) is 0 Å². The van der Waals surface area contributed by atoms with Gasteiger partial charge >= 0.3 is 0 Å². The molecule has 0 atom stereocenters. The van der Waals surface area contributed by atoms with Crippen molar-refractivity contribution in [2.75, 3.05) is 7.11 Å². The lowest BCUT2D eigenvalue weighted by Crippen LogP contribution is -2.21. The van der Waals surface area contributed by atoms with Gasteiger partial charge in [-0.05, 0) is 5.56 Å². The first-order chi connectivity index (χ1) is 6.29. The van der Waals surface area contributed by atoms with Crippen molar-refractivity contribution in [3.63, 3.8) is 0 Å². The summed E-state index contributed by atoms with van der Waals surface area (Å²) in [5.41, 5.74) is 1.35. The molecule has 74 valence electrons. The average Bonchev–Trinajstić information content (AvgIpc) is 2.19. The fourth-order valence-electron chi connectivity index (χ4n) is 0.918. The van der Waals surface area contributed by atoms with Crippen LogP contribution < -0.4 is 5.32 Å². The number of hydrogen-bond donors (Lipinski definition) is 2. The van der Waals surface area contributed by atoms with Crippen molar-refractivity contribution >= 4 is 0 Å². The second-order valence-electron chi connectivity index (χ2n) is 3.02. The van der Waals surface area contributed by atoms with Crippen LogP contribution in [-0.2, 0) is 6.54 Å². The Morgan fingerprint density at radius 3 is 2.15 bits per heavy atom. The van der Waals surface area contributed by atoms with Gasteiger partial charge < -0.3 is 10.4 Å². The number of aliphatic hydroxyl groups is 1. The fourth-order valence-corrected chi connectivity index (χ4v) is 0.918. The second-order valence-corrected chi connectivity index (χ2v) is 3.02. The molecule has 0 aliphatic heterocycles. The van der Waals surface area contributed by atoms with Gasteiger partial charge in [-0.25, -0.2) is 0 Å². The Bertz CT molecular complexity index is 197. The summed E-state index contributed by atoms with van der Waals surface area (Å²) in [5.74, 6) is 0. The van der Waals surface area contributed by atoms with Gasteiger partial charge in [0, 0.05) is 19.7 Å². The first-order valence-corrected chi connectivity index (χ1v) is 4.51. The van der Waals surface area contributed by atoms with Gasteiger partial charge in [0.1, 0.15) is 0 Å². The van der Waals surface area contributed by atoms with Crippen LogP contribution in [0.1, 0.15) is 19.4 Å². The van der Waals surface area contributed by atoms with E-state index in [0.29, 0.717) is 6.04 Å². The highest BCUT2D eigenvalue weighted by Gasteiger charge is 1.92. The zero-order valence-electron chi connectivity index (χ0n) is 8.62. The molecule has 0 bridgehead atoms. The van der Waals surface area contributed by atoms with Gasteiger partial charge in [-0.1, -0.05) is 44.2 Å². The minimum Gasteiger partial charge on any atom is -0.400 e. The molecule has 2 heteroatoms. The second kappa shape index (κ2) is 7.77. The zero-order chi connectivity index (χ0) is 10.1. The molecule has 0 unspecified atom stereocenters. The molecule has 1 aromatic carbocycles. The molecule has 0 aromatic heterocycles. The quantitative estimate of drug-likeness (QED) is 0.745. The summed E-state index contributed by atoms with van der Waals surface area (Å²) in [7, 11) is 1.00. The Morgan fingerprint density at radius 2 is 1.69 bits per heavy atom. The van der Waals surface area contributed by atoms with Crippen LogP contribution in [0.15, 0.2) is 30.3 Å². The molecule has 0 fully saturated rings. The van der Waals surface area contributed by atoms with Gasteiger partial charge in [-0.2, -0.15) is 0 Å². The third-order valence-corrected chi connectivity index (χ3v) is 1.56. The number of nitrogens with one attached hydrogen (secondary N) is 1. The van der Waals surface area contributed by atoms with E-state index in [1.807, 2.05) is 6.07 Å².